The fourth-order valence-corrected chi connectivity index (χ4v) is 5.20. The van der Waals surface area contributed by atoms with Gasteiger partial charge in [-0.15, -0.1) is 11.3 Å². The summed E-state index contributed by atoms with van der Waals surface area (Å²) in [6.45, 7) is 0.866. The van der Waals surface area contributed by atoms with Crippen LogP contribution in [0.25, 0.3) is 10.3 Å². The van der Waals surface area contributed by atoms with E-state index in [1.54, 1.807) is 23.1 Å². The average Bonchev–Trinajstić information content (AvgIpc) is 3.19. The maximum absolute atomic E-state index is 12.7. The molecule has 0 spiro atoms. The molecule has 2 heterocycles. The van der Waals surface area contributed by atoms with E-state index in [-0.39, 0.29) is 5.43 Å². The highest BCUT2D eigenvalue weighted by Crippen LogP contribution is 2.31. The summed E-state index contributed by atoms with van der Waals surface area (Å²) in [4.78, 5) is 19.7. The molecule has 5 heteroatoms. The third-order valence-corrected chi connectivity index (χ3v) is 6.39. The van der Waals surface area contributed by atoms with Crippen molar-refractivity contribution in [2.24, 2.45) is 0 Å². The summed E-state index contributed by atoms with van der Waals surface area (Å²) in [5.74, 6) is 0. The smallest absolute Gasteiger partial charge is 0.211 e. The molecule has 1 aliphatic rings. The van der Waals surface area contributed by atoms with Crippen molar-refractivity contribution in [1.29, 1.82) is 0 Å². The standard InChI is InChI=1S/C18H18N2OS2/c1-22-18-19-15-16(21)13-8-5-9-14(13)23-17(15)20(18)11-10-12-6-3-2-4-7-12/h2-4,6-7H,5,8-11H2,1H3. The SMILES string of the molecule is CSc1nc2c(=O)c3c(sc2n1CCc1ccccc1)CCC3. The van der Waals surface area contributed by atoms with E-state index >= 15 is 0 Å². The third-order valence-electron chi connectivity index (χ3n) is 4.41. The van der Waals surface area contributed by atoms with Crippen molar-refractivity contribution in [3.05, 3.63) is 56.6 Å². The number of fused-ring (bicyclic) bond motifs is 2. The molecular formula is C18H18N2OS2. The zero-order valence-corrected chi connectivity index (χ0v) is 14.7. The molecule has 0 aliphatic heterocycles. The van der Waals surface area contributed by atoms with Crippen LogP contribution in [-0.2, 0) is 25.8 Å². The van der Waals surface area contributed by atoms with Gasteiger partial charge in [0.05, 0.1) is 0 Å². The summed E-state index contributed by atoms with van der Waals surface area (Å²) in [5, 5.41) is 0.952. The highest BCUT2D eigenvalue weighted by atomic mass is 32.2. The molecule has 0 unspecified atom stereocenters. The average molecular weight is 342 g/mol. The van der Waals surface area contributed by atoms with Crippen LogP contribution in [0.15, 0.2) is 40.3 Å². The number of imidazole rings is 1. The normalized spacial score (nSPS) is 13.6. The van der Waals surface area contributed by atoms with Gasteiger partial charge >= 0.3 is 0 Å². The zero-order chi connectivity index (χ0) is 15.8. The van der Waals surface area contributed by atoms with Crippen molar-refractivity contribution >= 4 is 33.4 Å². The first-order chi connectivity index (χ1) is 11.3. The number of hydrogen-bond donors (Lipinski definition) is 0. The number of nitrogens with zero attached hydrogens (tertiary/aromatic N) is 2. The molecule has 0 atom stereocenters. The van der Waals surface area contributed by atoms with E-state index in [1.165, 1.54) is 10.4 Å². The van der Waals surface area contributed by atoms with Crippen LogP contribution >= 0.6 is 23.1 Å². The van der Waals surface area contributed by atoms with E-state index in [0.29, 0.717) is 5.52 Å². The van der Waals surface area contributed by atoms with Gasteiger partial charge in [0.2, 0.25) is 5.43 Å². The number of thioether (sulfide) groups is 1. The molecule has 0 saturated carbocycles. The van der Waals surface area contributed by atoms with Crippen LogP contribution in [-0.4, -0.2) is 15.8 Å². The lowest BCUT2D eigenvalue weighted by Crippen LogP contribution is -2.08. The van der Waals surface area contributed by atoms with Crippen molar-refractivity contribution < 1.29 is 0 Å². The van der Waals surface area contributed by atoms with E-state index in [9.17, 15) is 4.79 Å². The molecule has 0 radical (unpaired) electrons. The van der Waals surface area contributed by atoms with Crippen LogP contribution in [0.2, 0.25) is 0 Å². The van der Waals surface area contributed by atoms with Crippen LogP contribution in [0.1, 0.15) is 22.4 Å². The zero-order valence-electron chi connectivity index (χ0n) is 13.0. The van der Waals surface area contributed by atoms with Crippen molar-refractivity contribution in [1.82, 2.24) is 9.55 Å². The van der Waals surface area contributed by atoms with Crippen LogP contribution in [0, 0.1) is 0 Å². The van der Waals surface area contributed by atoms with Gasteiger partial charge in [-0.2, -0.15) is 0 Å². The Morgan fingerprint density at radius 3 is 2.87 bits per heavy atom. The Bertz CT molecular complexity index is 912. The van der Waals surface area contributed by atoms with Gasteiger partial charge in [-0.3, -0.25) is 4.79 Å². The number of hydrogen-bond acceptors (Lipinski definition) is 4. The van der Waals surface area contributed by atoms with Crippen LogP contribution in [0.5, 0.6) is 0 Å². The first-order valence-corrected chi connectivity index (χ1v) is 9.95. The molecule has 3 nitrogen and oxygen atoms in total. The van der Waals surface area contributed by atoms with Gasteiger partial charge in [-0.05, 0) is 37.5 Å². The highest BCUT2D eigenvalue weighted by molar-refractivity contribution is 7.98. The summed E-state index contributed by atoms with van der Waals surface area (Å²) in [7, 11) is 0. The molecule has 1 aromatic carbocycles. The first kappa shape index (κ1) is 15.0. The Morgan fingerprint density at radius 2 is 2.09 bits per heavy atom. The van der Waals surface area contributed by atoms with E-state index in [0.717, 1.165) is 47.8 Å². The molecule has 23 heavy (non-hydrogen) atoms. The Kier molecular flexibility index (Phi) is 3.99. The van der Waals surface area contributed by atoms with Gasteiger partial charge in [0.1, 0.15) is 10.3 Å². The minimum absolute atomic E-state index is 0.167. The summed E-state index contributed by atoms with van der Waals surface area (Å²) < 4.78 is 2.23. The molecule has 2 aromatic heterocycles. The molecule has 3 aromatic rings. The van der Waals surface area contributed by atoms with Gasteiger partial charge < -0.3 is 4.57 Å². The van der Waals surface area contributed by atoms with E-state index in [4.69, 9.17) is 0 Å². The van der Waals surface area contributed by atoms with Crippen LogP contribution in [0.4, 0.5) is 0 Å². The molecule has 0 saturated heterocycles. The largest absolute Gasteiger partial charge is 0.310 e. The topological polar surface area (TPSA) is 34.9 Å². The highest BCUT2D eigenvalue weighted by Gasteiger charge is 2.22. The maximum atomic E-state index is 12.7. The molecule has 0 N–H and O–H groups in total. The molecule has 0 bridgehead atoms. The molecule has 4 rings (SSSR count). The predicted molar refractivity (Wildman–Crippen MR) is 97.8 cm³/mol. The predicted octanol–water partition coefficient (Wildman–Crippen LogP) is 3.91. The van der Waals surface area contributed by atoms with Crippen molar-refractivity contribution in [2.75, 3.05) is 6.26 Å². The second-order valence-electron chi connectivity index (χ2n) is 5.83. The fraction of sp³-hybridized carbons (Fsp3) is 0.333. The van der Waals surface area contributed by atoms with Gasteiger partial charge in [-0.1, -0.05) is 42.1 Å². The fourth-order valence-electron chi connectivity index (χ4n) is 3.24. The summed E-state index contributed by atoms with van der Waals surface area (Å²) in [6, 6.07) is 10.5. The molecule has 1 aliphatic carbocycles. The molecular weight excluding hydrogens is 324 g/mol. The maximum Gasteiger partial charge on any atom is 0.211 e. The lowest BCUT2D eigenvalue weighted by atomic mass is 10.1. The van der Waals surface area contributed by atoms with E-state index < -0.39 is 0 Å². The monoisotopic (exact) mass is 342 g/mol. The van der Waals surface area contributed by atoms with Gasteiger partial charge in [0.15, 0.2) is 5.16 Å². The third kappa shape index (κ3) is 2.62. The van der Waals surface area contributed by atoms with E-state index in [2.05, 4.69) is 33.8 Å². The van der Waals surface area contributed by atoms with Crippen LogP contribution in [0.3, 0.4) is 0 Å². The van der Waals surface area contributed by atoms with Gasteiger partial charge in [0.25, 0.3) is 0 Å². The molecule has 0 amide bonds. The number of rotatable bonds is 4. The summed E-state index contributed by atoms with van der Waals surface area (Å²) >= 11 is 3.40. The van der Waals surface area contributed by atoms with Gasteiger partial charge in [-0.25, -0.2) is 4.98 Å². The first-order valence-electron chi connectivity index (χ1n) is 7.91. The Hall–Kier alpha value is -1.59. The minimum atomic E-state index is 0.167. The quantitative estimate of drug-likeness (QED) is 0.674. The van der Waals surface area contributed by atoms with Crippen molar-refractivity contribution in [3.63, 3.8) is 0 Å². The lowest BCUT2D eigenvalue weighted by molar-refractivity contribution is 0.656. The van der Waals surface area contributed by atoms with E-state index in [1.807, 2.05) is 12.3 Å². The summed E-state index contributed by atoms with van der Waals surface area (Å²) in [6.07, 6.45) is 6.06. The molecule has 118 valence electrons. The van der Waals surface area contributed by atoms with Crippen LogP contribution < -0.4 is 5.43 Å². The minimum Gasteiger partial charge on any atom is -0.310 e. The number of aromatic nitrogens is 2. The Morgan fingerprint density at radius 1 is 1.26 bits per heavy atom. The lowest BCUT2D eigenvalue weighted by Gasteiger charge is -2.08. The number of benzene rings is 1. The second-order valence-corrected chi connectivity index (χ2v) is 7.68. The van der Waals surface area contributed by atoms with Gasteiger partial charge in [0, 0.05) is 17.0 Å². The molecule has 0 fully saturated rings. The van der Waals surface area contributed by atoms with Crippen molar-refractivity contribution in [2.45, 2.75) is 37.4 Å². The Balaban J connectivity index is 1.78. The van der Waals surface area contributed by atoms with Crippen molar-refractivity contribution in [3.8, 4) is 0 Å². The number of aryl methyl sites for hydroxylation is 3. The summed E-state index contributed by atoms with van der Waals surface area (Å²) in [5.41, 5.74) is 3.17. The Labute approximate surface area is 143 Å². The second kappa shape index (κ2) is 6.13.